The standard InChI is InChI=1S/C32H30ClFN2O2S/c1-4-20-8-10-21(11-9-20)22-12-17-27(38-3)23(18-22)19-36(25-15-13-24(35-2)14-16-25)32(37)31-30(33)29-26(34)6-5-7-28(29)39-31/h1,5-12,17-18,24-25,35H,13-16,19H2,2-3H3/t24-,25-. The number of ether oxygens (including phenoxy) is 1. The van der Waals surface area contributed by atoms with Gasteiger partial charge < -0.3 is 15.0 Å². The van der Waals surface area contributed by atoms with E-state index >= 15 is 0 Å². The number of amides is 1. The summed E-state index contributed by atoms with van der Waals surface area (Å²) in [5.41, 5.74) is 3.73. The van der Waals surface area contributed by atoms with Gasteiger partial charge in [0.15, 0.2) is 0 Å². The predicted octanol–water partition coefficient (Wildman–Crippen LogP) is 7.52. The van der Waals surface area contributed by atoms with Crippen LogP contribution in [0.2, 0.25) is 5.02 Å². The van der Waals surface area contributed by atoms with E-state index in [1.165, 1.54) is 17.4 Å². The highest BCUT2D eigenvalue weighted by molar-refractivity contribution is 7.21. The van der Waals surface area contributed by atoms with Crippen molar-refractivity contribution in [1.29, 1.82) is 0 Å². The first-order chi connectivity index (χ1) is 18.9. The molecule has 1 N–H and O–H groups in total. The molecule has 0 aliphatic heterocycles. The number of thiophene rings is 1. The Morgan fingerprint density at radius 2 is 1.85 bits per heavy atom. The summed E-state index contributed by atoms with van der Waals surface area (Å²) in [7, 11) is 3.61. The minimum Gasteiger partial charge on any atom is -0.496 e. The molecule has 1 fully saturated rings. The first-order valence-electron chi connectivity index (χ1n) is 13.0. The lowest BCUT2D eigenvalue weighted by Gasteiger charge is -2.37. The molecule has 0 atom stereocenters. The summed E-state index contributed by atoms with van der Waals surface area (Å²) in [6.45, 7) is 0.347. The molecule has 1 saturated carbocycles. The third-order valence-corrected chi connectivity index (χ3v) is 9.25. The Morgan fingerprint density at radius 3 is 2.49 bits per heavy atom. The first-order valence-corrected chi connectivity index (χ1v) is 14.2. The zero-order valence-corrected chi connectivity index (χ0v) is 23.5. The summed E-state index contributed by atoms with van der Waals surface area (Å²) in [6.07, 6.45) is 9.20. The molecular weight excluding hydrogens is 531 g/mol. The number of halogens is 2. The molecule has 39 heavy (non-hydrogen) atoms. The van der Waals surface area contributed by atoms with Gasteiger partial charge in [0.1, 0.15) is 16.4 Å². The molecule has 1 aliphatic carbocycles. The fourth-order valence-electron chi connectivity index (χ4n) is 5.41. The van der Waals surface area contributed by atoms with Crippen LogP contribution in [-0.2, 0) is 6.54 Å². The lowest BCUT2D eigenvalue weighted by Crippen LogP contribution is -2.44. The van der Waals surface area contributed by atoms with Crippen LogP contribution in [0, 0.1) is 18.2 Å². The number of rotatable bonds is 7. The van der Waals surface area contributed by atoms with E-state index < -0.39 is 5.82 Å². The smallest absolute Gasteiger partial charge is 0.266 e. The Balaban J connectivity index is 1.53. The molecule has 0 saturated heterocycles. The van der Waals surface area contributed by atoms with E-state index in [0.717, 1.165) is 47.9 Å². The van der Waals surface area contributed by atoms with Gasteiger partial charge in [-0.1, -0.05) is 41.8 Å². The number of methoxy groups -OCH3 is 1. The monoisotopic (exact) mass is 560 g/mol. The summed E-state index contributed by atoms with van der Waals surface area (Å²) in [5, 5.41) is 3.85. The van der Waals surface area contributed by atoms with Gasteiger partial charge in [-0.25, -0.2) is 4.39 Å². The van der Waals surface area contributed by atoms with Crippen molar-refractivity contribution in [3.05, 3.63) is 87.5 Å². The van der Waals surface area contributed by atoms with E-state index in [1.54, 1.807) is 19.2 Å². The normalized spacial score (nSPS) is 17.1. The Labute approximate surface area is 237 Å². The minimum atomic E-state index is -0.417. The largest absolute Gasteiger partial charge is 0.496 e. The highest BCUT2D eigenvalue weighted by Gasteiger charge is 2.32. The average Bonchev–Trinajstić information content (AvgIpc) is 3.32. The molecule has 0 spiro atoms. The van der Waals surface area contributed by atoms with Crippen LogP contribution < -0.4 is 10.1 Å². The second-order valence-corrected chi connectivity index (χ2v) is 11.3. The lowest BCUT2D eigenvalue weighted by atomic mass is 9.89. The fraction of sp³-hybridized carbons (Fsp3) is 0.281. The van der Waals surface area contributed by atoms with Crippen LogP contribution >= 0.6 is 22.9 Å². The van der Waals surface area contributed by atoms with Crippen molar-refractivity contribution in [1.82, 2.24) is 10.2 Å². The highest BCUT2D eigenvalue weighted by Crippen LogP contribution is 2.39. The third-order valence-electron chi connectivity index (χ3n) is 7.61. The van der Waals surface area contributed by atoms with E-state index in [4.69, 9.17) is 22.8 Å². The SMILES string of the molecule is C#Cc1ccc(-c2ccc(OC)c(CN(C(=O)c3sc4cccc(F)c4c3Cl)[C@H]3CC[C@H](NC)CC3)c2)cc1. The van der Waals surface area contributed by atoms with Crippen molar-refractivity contribution in [2.24, 2.45) is 0 Å². The number of carbonyl (C=O) groups is 1. The number of benzene rings is 3. The Morgan fingerprint density at radius 1 is 1.13 bits per heavy atom. The maximum absolute atomic E-state index is 14.6. The molecule has 1 amide bonds. The Hall–Kier alpha value is -3.37. The molecule has 200 valence electrons. The second-order valence-electron chi connectivity index (χ2n) is 9.83. The van der Waals surface area contributed by atoms with Gasteiger partial charge in [0.2, 0.25) is 0 Å². The van der Waals surface area contributed by atoms with Crippen LogP contribution in [0.5, 0.6) is 5.75 Å². The molecule has 1 aliphatic rings. The van der Waals surface area contributed by atoms with Crippen molar-refractivity contribution >= 4 is 38.9 Å². The topological polar surface area (TPSA) is 41.6 Å². The van der Waals surface area contributed by atoms with E-state index in [1.807, 2.05) is 48.3 Å². The molecule has 4 nitrogen and oxygen atoms in total. The van der Waals surface area contributed by atoms with E-state index in [9.17, 15) is 9.18 Å². The Bertz CT molecular complexity index is 1530. The minimum absolute atomic E-state index is 0.0245. The van der Waals surface area contributed by atoms with Gasteiger partial charge in [0.05, 0.1) is 12.1 Å². The molecule has 0 bridgehead atoms. The maximum atomic E-state index is 14.6. The van der Waals surface area contributed by atoms with Gasteiger partial charge in [-0.3, -0.25) is 4.79 Å². The van der Waals surface area contributed by atoms with Crippen molar-refractivity contribution < 1.29 is 13.9 Å². The van der Waals surface area contributed by atoms with Crippen LogP contribution in [0.15, 0.2) is 60.7 Å². The van der Waals surface area contributed by atoms with Crippen LogP contribution in [0.3, 0.4) is 0 Å². The van der Waals surface area contributed by atoms with Crippen molar-refractivity contribution in [2.75, 3.05) is 14.2 Å². The molecule has 3 aromatic carbocycles. The van der Waals surface area contributed by atoms with Gasteiger partial charge >= 0.3 is 0 Å². The first kappa shape index (κ1) is 27.2. The molecule has 0 radical (unpaired) electrons. The number of hydrogen-bond acceptors (Lipinski definition) is 4. The van der Waals surface area contributed by atoms with Crippen LogP contribution in [-0.4, -0.2) is 37.0 Å². The van der Waals surface area contributed by atoms with Crippen molar-refractivity contribution in [2.45, 2.75) is 44.3 Å². The summed E-state index contributed by atoms with van der Waals surface area (Å²) in [5.74, 6) is 2.75. The van der Waals surface area contributed by atoms with Crippen molar-refractivity contribution in [3.8, 4) is 29.2 Å². The van der Waals surface area contributed by atoms with Gasteiger partial charge in [-0.15, -0.1) is 17.8 Å². The van der Waals surface area contributed by atoms with E-state index in [0.29, 0.717) is 33.3 Å². The number of nitrogens with one attached hydrogen (secondary N) is 1. The summed E-state index contributed by atoms with van der Waals surface area (Å²) in [6, 6.07) is 19.1. The quantitative estimate of drug-likeness (QED) is 0.238. The summed E-state index contributed by atoms with van der Waals surface area (Å²) < 4.78 is 21.0. The van der Waals surface area contributed by atoms with E-state index in [2.05, 4.69) is 17.3 Å². The van der Waals surface area contributed by atoms with Gasteiger partial charge in [-0.05, 0) is 80.3 Å². The van der Waals surface area contributed by atoms with Gasteiger partial charge in [-0.2, -0.15) is 0 Å². The van der Waals surface area contributed by atoms with Crippen LogP contribution in [0.1, 0.15) is 46.5 Å². The molecule has 1 heterocycles. The predicted molar refractivity (Wildman–Crippen MR) is 158 cm³/mol. The fourth-order valence-corrected chi connectivity index (χ4v) is 6.91. The van der Waals surface area contributed by atoms with Gasteiger partial charge in [0, 0.05) is 39.8 Å². The second kappa shape index (κ2) is 11.8. The molecule has 5 rings (SSSR count). The third kappa shape index (κ3) is 5.53. The average molecular weight is 561 g/mol. The molecule has 1 aromatic heterocycles. The number of carbonyl (C=O) groups excluding carboxylic acids is 1. The zero-order chi connectivity index (χ0) is 27.5. The van der Waals surface area contributed by atoms with Crippen molar-refractivity contribution in [3.63, 3.8) is 0 Å². The number of hydrogen-bond donors (Lipinski definition) is 1. The number of nitrogens with zero attached hydrogens (tertiary/aromatic N) is 1. The summed E-state index contributed by atoms with van der Waals surface area (Å²) >= 11 is 7.90. The van der Waals surface area contributed by atoms with Crippen LogP contribution in [0.25, 0.3) is 21.2 Å². The van der Waals surface area contributed by atoms with Gasteiger partial charge in [0.25, 0.3) is 5.91 Å². The Kier molecular flexibility index (Phi) is 8.23. The summed E-state index contributed by atoms with van der Waals surface area (Å²) in [4.78, 5) is 16.5. The zero-order valence-electron chi connectivity index (χ0n) is 22.0. The lowest BCUT2D eigenvalue weighted by molar-refractivity contribution is 0.0604. The molecular formula is C32H30ClFN2O2S. The maximum Gasteiger partial charge on any atom is 0.266 e. The number of terminal acetylenes is 1. The molecule has 0 unspecified atom stereocenters. The van der Waals surface area contributed by atoms with E-state index in [-0.39, 0.29) is 17.0 Å². The molecule has 4 aromatic rings. The van der Waals surface area contributed by atoms with Crippen LogP contribution in [0.4, 0.5) is 4.39 Å². The number of fused-ring (bicyclic) bond motifs is 1. The highest BCUT2D eigenvalue weighted by atomic mass is 35.5. The molecule has 7 heteroatoms.